The van der Waals surface area contributed by atoms with Crippen LogP contribution < -0.4 is 5.73 Å². The van der Waals surface area contributed by atoms with Gasteiger partial charge in [-0.15, -0.1) is 6.58 Å². The van der Waals surface area contributed by atoms with E-state index in [2.05, 4.69) is 11.6 Å². The molecular formula is C13H15N3OS. The van der Waals surface area contributed by atoms with Crippen LogP contribution in [0.25, 0.3) is 10.2 Å². The minimum atomic E-state index is 0.00581. The van der Waals surface area contributed by atoms with E-state index in [1.165, 1.54) is 11.3 Å². The number of nitrogens with two attached hydrogens (primary N) is 1. The van der Waals surface area contributed by atoms with Gasteiger partial charge in [0.05, 0.1) is 10.2 Å². The lowest BCUT2D eigenvalue weighted by Crippen LogP contribution is -2.30. The summed E-state index contributed by atoms with van der Waals surface area (Å²) in [5, 5.41) is 0.521. The molecule has 1 amide bonds. The summed E-state index contributed by atoms with van der Waals surface area (Å²) in [6.45, 7) is 6.82. The maximum atomic E-state index is 12.2. The maximum absolute atomic E-state index is 12.2. The van der Waals surface area contributed by atoms with Crippen molar-refractivity contribution in [2.45, 2.75) is 6.92 Å². The molecule has 1 heterocycles. The molecule has 18 heavy (non-hydrogen) atoms. The first kappa shape index (κ1) is 12.6. The Hall–Kier alpha value is -1.88. The highest BCUT2D eigenvalue weighted by atomic mass is 32.1. The fourth-order valence-corrected chi connectivity index (χ4v) is 2.54. The zero-order valence-electron chi connectivity index (χ0n) is 10.2. The Balaban J connectivity index is 2.34. The van der Waals surface area contributed by atoms with E-state index < -0.39 is 0 Å². The van der Waals surface area contributed by atoms with Gasteiger partial charge in [0.15, 0.2) is 5.13 Å². The minimum absolute atomic E-state index is 0.00581. The molecule has 4 nitrogen and oxygen atoms in total. The molecule has 94 valence electrons. The van der Waals surface area contributed by atoms with Gasteiger partial charge in [-0.25, -0.2) is 4.98 Å². The molecule has 2 N–H and O–H groups in total. The minimum Gasteiger partial charge on any atom is -0.375 e. The van der Waals surface area contributed by atoms with E-state index in [9.17, 15) is 4.79 Å². The number of thiazole rings is 1. The van der Waals surface area contributed by atoms with Gasteiger partial charge in [-0.2, -0.15) is 0 Å². The summed E-state index contributed by atoms with van der Waals surface area (Å²) >= 11 is 1.39. The summed E-state index contributed by atoms with van der Waals surface area (Å²) in [7, 11) is 0. The number of nitrogen functional groups attached to an aromatic ring is 1. The van der Waals surface area contributed by atoms with Gasteiger partial charge in [-0.3, -0.25) is 4.79 Å². The molecule has 0 atom stereocenters. The highest BCUT2D eigenvalue weighted by Crippen LogP contribution is 2.25. The summed E-state index contributed by atoms with van der Waals surface area (Å²) < 4.78 is 0.938. The predicted molar refractivity (Wildman–Crippen MR) is 75.8 cm³/mol. The van der Waals surface area contributed by atoms with Crippen LogP contribution in [-0.4, -0.2) is 28.9 Å². The zero-order chi connectivity index (χ0) is 13.1. The largest absolute Gasteiger partial charge is 0.375 e. The van der Waals surface area contributed by atoms with Crippen molar-refractivity contribution in [2.24, 2.45) is 0 Å². The van der Waals surface area contributed by atoms with Gasteiger partial charge in [-0.05, 0) is 25.1 Å². The van der Waals surface area contributed by atoms with Crippen molar-refractivity contribution in [2.75, 3.05) is 18.8 Å². The molecule has 0 fully saturated rings. The standard InChI is InChI=1S/C13H15N3OS/c1-3-7-16(4-2)12(17)9-5-6-10-11(8-9)18-13(14)15-10/h3,5-6,8H,1,4,7H2,2H3,(H2,14,15). The molecule has 0 saturated heterocycles. The lowest BCUT2D eigenvalue weighted by atomic mass is 10.2. The van der Waals surface area contributed by atoms with Crippen LogP contribution in [-0.2, 0) is 0 Å². The van der Waals surface area contributed by atoms with Crippen LogP contribution in [0.1, 0.15) is 17.3 Å². The first-order valence-electron chi connectivity index (χ1n) is 5.72. The molecule has 0 spiro atoms. The second-order valence-electron chi connectivity index (χ2n) is 3.87. The van der Waals surface area contributed by atoms with Crippen LogP contribution >= 0.6 is 11.3 Å². The van der Waals surface area contributed by atoms with Crippen LogP contribution in [0, 0.1) is 0 Å². The summed E-state index contributed by atoms with van der Waals surface area (Å²) in [6.07, 6.45) is 1.73. The molecule has 0 aliphatic carbocycles. The molecule has 2 rings (SSSR count). The summed E-state index contributed by atoms with van der Waals surface area (Å²) in [5.74, 6) is 0.00581. The van der Waals surface area contributed by atoms with Gasteiger partial charge in [0.1, 0.15) is 0 Å². The Morgan fingerprint density at radius 1 is 1.61 bits per heavy atom. The van der Waals surface area contributed by atoms with E-state index in [1.807, 2.05) is 19.1 Å². The van der Waals surface area contributed by atoms with E-state index in [0.717, 1.165) is 10.2 Å². The summed E-state index contributed by atoms with van der Waals surface area (Å²) in [6, 6.07) is 5.46. The van der Waals surface area contributed by atoms with Crippen LogP contribution in [0.2, 0.25) is 0 Å². The van der Waals surface area contributed by atoms with E-state index in [1.54, 1.807) is 17.0 Å². The van der Waals surface area contributed by atoms with Gasteiger partial charge in [-0.1, -0.05) is 17.4 Å². The van der Waals surface area contributed by atoms with Crippen LogP contribution in [0.5, 0.6) is 0 Å². The highest BCUT2D eigenvalue weighted by molar-refractivity contribution is 7.22. The first-order valence-corrected chi connectivity index (χ1v) is 6.53. The molecule has 1 aromatic carbocycles. The van der Waals surface area contributed by atoms with E-state index in [0.29, 0.717) is 23.8 Å². The zero-order valence-corrected chi connectivity index (χ0v) is 11.0. The Bertz CT molecular complexity index is 591. The normalized spacial score (nSPS) is 10.5. The Labute approximate surface area is 110 Å². The van der Waals surface area contributed by atoms with E-state index >= 15 is 0 Å². The van der Waals surface area contributed by atoms with Crippen LogP contribution in [0.15, 0.2) is 30.9 Å². The number of anilines is 1. The monoisotopic (exact) mass is 261 g/mol. The first-order chi connectivity index (χ1) is 8.65. The number of amides is 1. The van der Waals surface area contributed by atoms with Crippen molar-refractivity contribution in [1.29, 1.82) is 0 Å². The number of carbonyl (C=O) groups excluding carboxylic acids is 1. The molecule has 5 heteroatoms. The number of carbonyl (C=O) groups is 1. The van der Waals surface area contributed by atoms with Gasteiger partial charge in [0.25, 0.3) is 5.91 Å². The van der Waals surface area contributed by atoms with Crippen molar-refractivity contribution in [3.63, 3.8) is 0 Å². The Kier molecular flexibility index (Phi) is 3.62. The summed E-state index contributed by atoms with van der Waals surface area (Å²) in [4.78, 5) is 18.2. The van der Waals surface area contributed by atoms with Crippen molar-refractivity contribution in [3.8, 4) is 0 Å². The molecule has 0 aliphatic heterocycles. The third-order valence-electron chi connectivity index (χ3n) is 2.67. The number of nitrogens with zero attached hydrogens (tertiary/aromatic N) is 2. The second kappa shape index (κ2) is 5.18. The average Bonchev–Trinajstić information content (AvgIpc) is 2.74. The number of likely N-dealkylation sites (N-methyl/N-ethyl adjacent to an activating group) is 1. The van der Waals surface area contributed by atoms with Crippen molar-refractivity contribution >= 4 is 32.6 Å². The third kappa shape index (κ3) is 2.36. The summed E-state index contributed by atoms with van der Waals surface area (Å²) in [5.41, 5.74) is 7.15. The number of hydrogen-bond donors (Lipinski definition) is 1. The van der Waals surface area contributed by atoms with Gasteiger partial charge in [0, 0.05) is 18.7 Å². The fourth-order valence-electron chi connectivity index (χ4n) is 1.77. The molecule has 0 bridgehead atoms. The molecule has 2 aromatic rings. The number of aromatic nitrogens is 1. The molecule has 0 radical (unpaired) electrons. The smallest absolute Gasteiger partial charge is 0.254 e. The van der Waals surface area contributed by atoms with E-state index in [-0.39, 0.29) is 5.91 Å². The second-order valence-corrected chi connectivity index (χ2v) is 4.93. The maximum Gasteiger partial charge on any atom is 0.254 e. The highest BCUT2D eigenvalue weighted by Gasteiger charge is 2.14. The lowest BCUT2D eigenvalue weighted by Gasteiger charge is -2.18. The third-order valence-corrected chi connectivity index (χ3v) is 3.52. The van der Waals surface area contributed by atoms with Crippen molar-refractivity contribution in [3.05, 3.63) is 36.4 Å². The number of hydrogen-bond acceptors (Lipinski definition) is 4. The predicted octanol–water partition coefficient (Wildman–Crippen LogP) is 2.53. The molecule has 0 aliphatic rings. The van der Waals surface area contributed by atoms with Crippen molar-refractivity contribution < 1.29 is 4.79 Å². The Morgan fingerprint density at radius 3 is 3.06 bits per heavy atom. The van der Waals surface area contributed by atoms with Crippen LogP contribution in [0.4, 0.5) is 5.13 Å². The number of fused-ring (bicyclic) bond motifs is 1. The number of rotatable bonds is 4. The Morgan fingerprint density at radius 2 is 2.39 bits per heavy atom. The lowest BCUT2D eigenvalue weighted by molar-refractivity contribution is 0.0782. The van der Waals surface area contributed by atoms with Gasteiger partial charge >= 0.3 is 0 Å². The van der Waals surface area contributed by atoms with Crippen LogP contribution in [0.3, 0.4) is 0 Å². The fraction of sp³-hybridized carbons (Fsp3) is 0.231. The number of benzene rings is 1. The average molecular weight is 261 g/mol. The molecular weight excluding hydrogens is 246 g/mol. The van der Waals surface area contributed by atoms with Crippen molar-refractivity contribution in [1.82, 2.24) is 9.88 Å². The quantitative estimate of drug-likeness (QED) is 0.860. The SMILES string of the molecule is C=CCN(CC)C(=O)c1ccc2nc(N)sc2c1. The van der Waals surface area contributed by atoms with Gasteiger partial charge < -0.3 is 10.6 Å². The topological polar surface area (TPSA) is 59.2 Å². The molecule has 1 aromatic heterocycles. The molecule has 0 unspecified atom stereocenters. The molecule has 0 saturated carbocycles. The van der Waals surface area contributed by atoms with E-state index in [4.69, 9.17) is 5.73 Å². The van der Waals surface area contributed by atoms with Gasteiger partial charge in [0.2, 0.25) is 0 Å².